The summed E-state index contributed by atoms with van der Waals surface area (Å²) in [4.78, 5) is 36.2. The molecule has 1 rings (SSSR count). The average molecular weight is 328 g/mol. The first-order chi connectivity index (χ1) is 10.8. The van der Waals surface area contributed by atoms with Gasteiger partial charge in [0.15, 0.2) is 0 Å². The highest BCUT2D eigenvalue weighted by molar-refractivity contribution is 5.90. The van der Waals surface area contributed by atoms with Crippen molar-refractivity contribution >= 4 is 18.2 Å². The van der Waals surface area contributed by atoms with Gasteiger partial charge in [-0.25, -0.2) is 24.4 Å². The van der Waals surface area contributed by atoms with E-state index in [4.69, 9.17) is 14.2 Å². The standard InChI is InChI=1S/C15H24N2O6/c1-6-21-13(18)12-7-8-16(14(19)22-10(2)3)17(9-12)15(20)23-11(4)5/h7,10-11H,6,8-9H2,1-5H3. The Morgan fingerprint density at radius 2 is 1.57 bits per heavy atom. The van der Waals surface area contributed by atoms with Crippen molar-refractivity contribution in [2.45, 2.75) is 46.8 Å². The van der Waals surface area contributed by atoms with Gasteiger partial charge in [0.05, 0.1) is 37.5 Å². The van der Waals surface area contributed by atoms with E-state index in [9.17, 15) is 14.4 Å². The molecular weight excluding hydrogens is 304 g/mol. The summed E-state index contributed by atoms with van der Waals surface area (Å²) in [7, 11) is 0. The van der Waals surface area contributed by atoms with Crippen LogP contribution in [0, 0.1) is 0 Å². The van der Waals surface area contributed by atoms with E-state index in [1.807, 2.05) is 0 Å². The zero-order valence-electron chi connectivity index (χ0n) is 14.2. The van der Waals surface area contributed by atoms with E-state index in [2.05, 4.69) is 0 Å². The van der Waals surface area contributed by atoms with Crippen molar-refractivity contribution < 1.29 is 28.6 Å². The van der Waals surface area contributed by atoms with Crippen molar-refractivity contribution in [3.05, 3.63) is 11.6 Å². The Morgan fingerprint density at radius 1 is 1.04 bits per heavy atom. The minimum absolute atomic E-state index is 0.0207. The lowest BCUT2D eigenvalue weighted by Crippen LogP contribution is -2.54. The molecule has 0 atom stereocenters. The third-order valence-corrected chi connectivity index (χ3v) is 2.75. The molecule has 0 fully saturated rings. The molecule has 0 radical (unpaired) electrons. The fourth-order valence-electron chi connectivity index (χ4n) is 1.84. The number of amides is 2. The zero-order valence-corrected chi connectivity index (χ0v) is 14.2. The number of rotatable bonds is 4. The van der Waals surface area contributed by atoms with Gasteiger partial charge in [0.2, 0.25) is 0 Å². The van der Waals surface area contributed by atoms with Crippen LogP contribution in [0.15, 0.2) is 11.6 Å². The van der Waals surface area contributed by atoms with Crippen LogP contribution in [0.25, 0.3) is 0 Å². The van der Waals surface area contributed by atoms with Crippen LogP contribution in [0.4, 0.5) is 9.59 Å². The quantitative estimate of drug-likeness (QED) is 0.580. The summed E-state index contributed by atoms with van der Waals surface area (Å²) >= 11 is 0. The second kappa shape index (κ2) is 8.40. The van der Waals surface area contributed by atoms with Crippen molar-refractivity contribution in [1.29, 1.82) is 0 Å². The Hall–Kier alpha value is -2.25. The van der Waals surface area contributed by atoms with Crippen molar-refractivity contribution in [2.24, 2.45) is 0 Å². The smallest absolute Gasteiger partial charge is 0.429 e. The molecule has 1 heterocycles. The number of hydrazine groups is 1. The molecule has 0 saturated carbocycles. The van der Waals surface area contributed by atoms with Gasteiger partial charge in [-0.05, 0) is 34.6 Å². The molecule has 8 heteroatoms. The topological polar surface area (TPSA) is 85.4 Å². The maximum Gasteiger partial charge on any atom is 0.429 e. The molecule has 0 aliphatic carbocycles. The Morgan fingerprint density at radius 3 is 2.04 bits per heavy atom. The molecule has 130 valence electrons. The zero-order chi connectivity index (χ0) is 17.6. The van der Waals surface area contributed by atoms with Gasteiger partial charge in [-0.1, -0.05) is 6.08 Å². The lowest BCUT2D eigenvalue weighted by atomic mass is 10.2. The first-order valence-corrected chi connectivity index (χ1v) is 7.58. The predicted molar refractivity (Wildman–Crippen MR) is 81.4 cm³/mol. The number of carbonyl (C=O) groups is 3. The van der Waals surface area contributed by atoms with E-state index in [-0.39, 0.29) is 31.9 Å². The lowest BCUT2D eigenvalue weighted by Gasteiger charge is -2.36. The molecule has 1 aliphatic heterocycles. The number of hydrogen-bond acceptors (Lipinski definition) is 6. The number of carbonyl (C=O) groups excluding carboxylic acids is 3. The van der Waals surface area contributed by atoms with Gasteiger partial charge < -0.3 is 14.2 Å². The van der Waals surface area contributed by atoms with E-state index in [0.717, 1.165) is 10.0 Å². The van der Waals surface area contributed by atoms with Crippen LogP contribution >= 0.6 is 0 Å². The fraction of sp³-hybridized carbons (Fsp3) is 0.667. The first kappa shape index (κ1) is 18.8. The highest BCUT2D eigenvalue weighted by Gasteiger charge is 2.34. The third kappa shape index (κ3) is 5.46. The largest absolute Gasteiger partial charge is 0.463 e. The summed E-state index contributed by atoms with van der Waals surface area (Å²) in [6.07, 6.45) is -0.558. The molecule has 0 spiro atoms. The van der Waals surface area contributed by atoms with E-state index in [1.54, 1.807) is 40.7 Å². The molecule has 8 nitrogen and oxygen atoms in total. The van der Waals surface area contributed by atoms with Gasteiger partial charge in [0.25, 0.3) is 0 Å². The van der Waals surface area contributed by atoms with Crippen LogP contribution in [0.2, 0.25) is 0 Å². The molecule has 0 aromatic heterocycles. The summed E-state index contributed by atoms with van der Waals surface area (Å²) in [5, 5.41) is 2.16. The monoisotopic (exact) mass is 328 g/mol. The predicted octanol–water partition coefficient (Wildman–Crippen LogP) is 2.10. The summed E-state index contributed by atoms with van der Waals surface area (Å²) in [5.41, 5.74) is 0.293. The molecule has 23 heavy (non-hydrogen) atoms. The van der Waals surface area contributed by atoms with E-state index >= 15 is 0 Å². The minimum Gasteiger partial charge on any atom is -0.463 e. The van der Waals surface area contributed by atoms with Crippen LogP contribution in [-0.4, -0.2) is 60.1 Å². The van der Waals surface area contributed by atoms with Crippen LogP contribution in [-0.2, 0) is 19.0 Å². The number of nitrogens with zero attached hydrogens (tertiary/aromatic N) is 2. The minimum atomic E-state index is -0.726. The molecule has 0 aromatic carbocycles. The van der Waals surface area contributed by atoms with Gasteiger partial charge >= 0.3 is 18.2 Å². The Kier molecular flexibility index (Phi) is 6.87. The highest BCUT2D eigenvalue weighted by atomic mass is 16.6. The second-order valence-electron chi connectivity index (χ2n) is 5.45. The molecule has 2 amide bonds. The van der Waals surface area contributed by atoms with Gasteiger partial charge in [-0.2, -0.15) is 0 Å². The maximum atomic E-state index is 12.2. The SMILES string of the molecule is CCOC(=O)C1=CCN(C(=O)OC(C)C)N(C(=O)OC(C)C)C1. The van der Waals surface area contributed by atoms with Crippen LogP contribution in [0.5, 0.6) is 0 Å². The molecule has 0 unspecified atom stereocenters. The van der Waals surface area contributed by atoms with Gasteiger partial charge in [0.1, 0.15) is 0 Å². The first-order valence-electron chi connectivity index (χ1n) is 7.58. The average Bonchev–Trinajstić information content (AvgIpc) is 2.45. The van der Waals surface area contributed by atoms with Crippen molar-refractivity contribution in [1.82, 2.24) is 10.0 Å². The normalized spacial score (nSPS) is 14.7. The van der Waals surface area contributed by atoms with E-state index in [0.29, 0.717) is 5.57 Å². The Labute approximate surface area is 135 Å². The summed E-state index contributed by atoms with van der Waals surface area (Å²) in [5.74, 6) is -0.522. The number of esters is 1. The van der Waals surface area contributed by atoms with Crippen LogP contribution in [0.1, 0.15) is 34.6 Å². The molecule has 0 bridgehead atoms. The van der Waals surface area contributed by atoms with Crippen LogP contribution < -0.4 is 0 Å². The molecule has 0 saturated heterocycles. The van der Waals surface area contributed by atoms with Gasteiger partial charge in [-0.3, -0.25) is 0 Å². The molecule has 0 aromatic rings. The fourth-order valence-corrected chi connectivity index (χ4v) is 1.84. The van der Waals surface area contributed by atoms with Crippen molar-refractivity contribution in [3.8, 4) is 0 Å². The second-order valence-corrected chi connectivity index (χ2v) is 5.45. The lowest BCUT2D eigenvalue weighted by molar-refractivity contribution is -0.139. The highest BCUT2D eigenvalue weighted by Crippen LogP contribution is 2.16. The van der Waals surface area contributed by atoms with Gasteiger partial charge in [-0.15, -0.1) is 0 Å². The molecule has 0 N–H and O–H groups in total. The Bertz CT molecular complexity index is 486. The number of hydrogen-bond donors (Lipinski definition) is 0. The Balaban J connectivity index is 2.95. The van der Waals surface area contributed by atoms with Crippen molar-refractivity contribution in [3.63, 3.8) is 0 Å². The van der Waals surface area contributed by atoms with E-state index < -0.39 is 18.2 Å². The summed E-state index contributed by atoms with van der Waals surface area (Å²) < 4.78 is 15.2. The molecular formula is C15H24N2O6. The van der Waals surface area contributed by atoms with Gasteiger partial charge in [0, 0.05) is 0 Å². The van der Waals surface area contributed by atoms with Crippen LogP contribution in [0.3, 0.4) is 0 Å². The maximum absolute atomic E-state index is 12.2. The number of ether oxygens (including phenoxy) is 3. The molecule has 1 aliphatic rings. The van der Waals surface area contributed by atoms with E-state index in [1.165, 1.54) is 0 Å². The summed E-state index contributed by atoms with van der Waals surface area (Å²) in [6, 6.07) is 0. The third-order valence-electron chi connectivity index (χ3n) is 2.75. The summed E-state index contributed by atoms with van der Waals surface area (Å²) in [6.45, 7) is 8.63. The van der Waals surface area contributed by atoms with Crippen molar-refractivity contribution in [2.75, 3.05) is 19.7 Å².